The summed E-state index contributed by atoms with van der Waals surface area (Å²) < 4.78 is 0. The predicted molar refractivity (Wildman–Crippen MR) is 57.1 cm³/mol. The van der Waals surface area contributed by atoms with E-state index < -0.39 is 0 Å². The summed E-state index contributed by atoms with van der Waals surface area (Å²) in [6, 6.07) is 10.3. The number of carbonyl (C=O) groups is 1. The molecule has 0 heterocycles. The number of benzene rings is 1. The highest BCUT2D eigenvalue weighted by Crippen LogP contribution is 2.48. The van der Waals surface area contributed by atoms with Gasteiger partial charge in [0.1, 0.15) is 5.78 Å². The molecule has 1 aromatic carbocycles. The SMILES string of the molecule is C=CCC(=O)C1CC1c1ccccc1. The fourth-order valence-electron chi connectivity index (χ4n) is 1.91. The number of ketones is 1. The predicted octanol–water partition coefficient (Wildman–Crippen LogP) is 2.94. The Balaban J connectivity index is 1.99. The third kappa shape index (κ3) is 1.77. The van der Waals surface area contributed by atoms with Gasteiger partial charge in [0.25, 0.3) is 0 Å². The maximum Gasteiger partial charge on any atom is 0.140 e. The van der Waals surface area contributed by atoms with Gasteiger partial charge in [-0.2, -0.15) is 0 Å². The van der Waals surface area contributed by atoms with Crippen molar-refractivity contribution in [2.45, 2.75) is 18.8 Å². The molecule has 0 aromatic heterocycles. The Morgan fingerprint density at radius 3 is 2.79 bits per heavy atom. The minimum atomic E-state index is 0.260. The molecule has 0 N–H and O–H groups in total. The van der Waals surface area contributed by atoms with Gasteiger partial charge in [-0.15, -0.1) is 6.58 Å². The quantitative estimate of drug-likeness (QED) is 0.661. The molecule has 1 heteroatoms. The first-order chi connectivity index (χ1) is 6.83. The van der Waals surface area contributed by atoms with E-state index in [4.69, 9.17) is 0 Å². The Bertz CT molecular complexity index is 340. The molecule has 2 atom stereocenters. The van der Waals surface area contributed by atoms with Crippen LogP contribution in [0.5, 0.6) is 0 Å². The zero-order chi connectivity index (χ0) is 9.97. The molecule has 1 aromatic rings. The topological polar surface area (TPSA) is 17.1 Å². The first kappa shape index (κ1) is 9.20. The van der Waals surface area contributed by atoms with Gasteiger partial charge in [-0.1, -0.05) is 36.4 Å². The van der Waals surface area contributed by atoms with Crippen molar-refractivity contribution >= 4 is 5.78 Å². The second-order valence-electron chi connectivity index (χ2n) is 3.82. The van der Waals surface area contributed by atoms with Crippen LogP contribution in [0, 0.1) is 5.92 Å². The van der Waals surface area contributed by atoms with Gasteiger partial charge in [-0.25, -0.2) is 0 Å². The molecule has 0 amide bonds. The van der Waals surface area contributed by atoms with E-state index in [9.17, 15) is 4.79 Å². The molecule has 0 bridgehead atoms. The maximum absolute atomic E-state index is 11.5. The fourth-order valence-corrected chi connectivity index (χ4v) is 1.91. The third-order valence-electron chi connectivity index (χ3n) is 2.78. The summed E-state index contributed by atoms with van der Waals surface area (Å²) in [6.07, 6.45) is 3.24. The number of carbonyl (C=O) groups excluding carboxylic acids is 1. The summed E-state index contributed by atoms with van der Waals surface area (Å²) >= 11 is 0. The highest BCUT2D eigenvalue weighted by atomic mass is 16.1. The van der Waals surface area contributed by atoms with E-state index in [2.05, 4.69) is 18.7 Å². The zero-order valence-electron chi connectivity index (χ0n) is 8.15. The first-order valence-corrected chi connectivity index (χ1v) is 5.01. The molecular weight excluding hydrogens is 172 g/mol. The average Bonchev–Trinajstić information content (AvgIpc) is 2.99. The van der Waals surface area contributed by atoms with Crippen molar-refractivity contribution in [3.63, 3.8) is 0 Å². The molecule has 2 unspecified atom stereocenters. The van der Waals surface area contributed by atoms with Crippen LogP contribution in [0.2, 0.25) is 0 Å². The summed E-state index contributed by atoms with van der Waals surface area (Å²) in [6.45, 7) is 3.59. The molecule has 0 saturated heterocycles. The highest BCUT2D eigenvalue weighted by Gasteiger charge is 2.42. The molecule has 2 rings (SSSR count). The van der Waals surface area contributed by atoms with E-state index in [0.717, 1.165) is 6.42 Å². The molecule has 1 saturated carbocycles. The Hall–Kier alpha value is -1.37. The van der Waals surface area contributed by atoms with Gasteiger partial charge in [-0.05, 0) is 17.9 Å². The molecule has 72 valence electrons. The summed E-state index contributed by atoms with van der Waals surface area (Å²) in [4.78, 5) is 11.5. The van der Waals surface area contributed by atoms with E-state index in [1.165, 1.54) is 5.56 Å². The molecular formula is C13H14O. The lowest BCUT2D eigenvalue weighted by molar-refractivity contribution is -0.119. The average molecular weight is 186 g/mol. The summed E-state index contributed by atoms with van der Waals surface area (Å²) in [5.41, 5.74) is 1.30. The van der Waals surface area contributed by atoms with Crippen molar-refractivity contribution in [1.29, 1.82) is 0 Å². The van der Waals surface area contributed by atoms with Crippen LogP contribution in [0.25, 0.3) is 0 Å². The lowest BCUT2D eigenvalue weighted by atomic mass is 10.1. The Labute approximate surface area is 84.5 Å². The molecule has 0 radical (unpaired) electrons. The van der Waals surface area contributed by atoms with Crippen molar-refractivity contribution in [1.82, 2.24) is 0 Å². The Morgan fingerprint density at radius 1 is 1.43 bits per heavy atom. The van der Waals surface area contributed by atoms with Gasteiger partial charge in [0.15, 0.2) is 0 Å². The van der Waals surface area contributed by atoms with Crippen LogP contribution in [0.1, 0.15) is 24.3 Å². The van der Waals surface area contributed by atoms with Crippen LogP contribution in [-0.4, -0.2) is 5.78 Å². The van der Waals surface area contributed by atoms with Crippen molar-refractivity contribution in [2.75, 3.05) is 0 Å². The summed E-state index contributed by atoms with van der Waals surface area (Å²) in [5.74, 6) is 1.08. The van der Waals surface area contributed by atoms with Gasteiger partial charge < -0.3 is 0 Å². The van der Waals surface area contributed by atoms with E-state index in [0.29, 0.717) is 18.1 Å². The molecule has 14 heavy (non-hydrogen) atoms. The third-order valence-corrected chi connectivity index (χ3v) is 2.78. The Morgan fingerprint density at radius 2 is 2.14 bits per heavy atom. The summed E-state index contributed by atoms with van der Waals surface area (Å²) in [5, 5.41) is 0. The maximum atomic E-state index is 11.5. The lowest BCUT2D eigenvalue weighted by Gasteiger charge is -1.97. The largest absolute Gasteiger partial charge is 0.299 e. The van der Waals surface area contributed by atoms with Gasteiger partial charge in [0.2, 0.25) is 0 Å². The van der Waals surface area contributed by atoms with Crippen LogP contribution >= 0.6 is 0 Å². The van der Waals surface area contributed by atoms with Gasteiger partial charge in [0, 0.05) is 12.3 Å². The smallest absolute Gasteiger partial charge is 0.140 e. The number of rotatable bonds is 4. The van der Waals surface area contributed by atoms with Crippen molar-refractivity contribution in [3.8, 4) is 0 Å². The zero-order valence-corrected chi connectivity index (χ0v) is 8.15. The van der Waals surface area contributed by atoms with Crippen LogP contribution in [0.3, 0.4) is 0 Å². The molecule has 1 fully saturated rings. The minimum Gasteiger partial charge on any atom is -0.299 e. The van der Waals surface area contributed by atoms with E-state index in [1.807, 2.05) is 18.2 Å². The monoisotopic (exact) mass is 186 g/mol. The standard InChI is InChI=1S/C13H14O/c1-2-6-13(14)12-9-11(12)10-7-4-3-5-8-10/h2-5,7-8,11-12H,1,6,9H2. The van der Waals surface area contributed by atoms with Crippen molar-refractivity contribution in [3.05, 3.63) is 48.6 Å². The number of Topliss-reactive ketones (excluding diaryl/α,β-unsaturated/α-hetero) is 1. The second-order valence-corrected chi connectivity index (χ2v) is 3.82. The van der Waals surface area contributed by atoms with Gasteiger partial charge in [-0.3, -0.25) is 4.79 Å². The lowest BCUT2D eigenvalue weighted by Crippen LogP contribution is -1.99. The first-order valence-electron chi connectivity index (χ1n) is 5.01. The number of hydrogen-bond acceptors (Lipinski definition) is 1. The molecule has 0 spiro atoms. The van der Waals surface area contributed by atoms with Crippen LogP contribution < -0.4 is 0 Å². The van der Waals surface area contributed by atoms with Gasteiger partial charge in [0.05, 0.1) is 0 Å². The van der Waals surface area contributed by atoms with Crippen molar-refractivity contribution in [2.24, 2.45) is 5.92 Å². The molecule has 1 nitrogen and oxygen atoms in total. The number of hydrogen-bond donors (Lipinski definition) is 0. The molecule has 0 aliphatic heterocycles. The molecule has 1 aliphatic rings. The van der Waals surface area contributed by atoms with Crippen molar-refractivity contribution < 1.29 is 4.79 Å². The Kier molecular flexibility index (Phi) is 2.49. The van der Waals surface area contributed by atoms with E-state index in [-0.39, 0.29) is 5.92 Å². The molecule has 1 aliphatic carbocycles. The van der Waals surface area contributed by atoms with Gasteiger partial charge >= 0.3 is 0 Å². The van der Waals surface area contributed by atoms with Crippen LogP contribution in [-0.2, 0) is 4.79 Å². The fraction of sp³-hybridized carbons (Fsp3) is 0.308. The number of allylic oxidation sites excluding steroid dienone is 1. The summed E-state index contributed by atoms with van der Waals surface area (Å²) in [7, 11) is 0. The second kappa shape index (κ2) is 3.79. The minimum absolute atomic E-state index is 0.260. The van der Waals surface area contributed by atoms with Crippen LogP contribution in [0.4, 0.5) is 0 Å². The normalized spacial score (nSPS) is 24.3. The van der Waals surface area contributed by atoms with Crippen LogP contribution in [0.15, 0.2) is 43.0 Å². The highest BCUT2D eigenvalue weighted by molar-refractivity contribution is 5.86. The van der Waals surface area contributed by atoms with E-state index in [1.54, 1.807) is 6.08 Å². The van der Waals surface area contributed by atoms with E-state index >= 15 is 0 Å².